The maximum absolute atomic E-state index is 14.9. The molecule has 0 aliphatic carbocycles. The summed E-state index contributed by atoms with van der Waals surface area (Å²) in [7, 11) is 1.46. The minimum absolute atomic E-state index is 0.0616. The van der Waals surface area contributed by atoms with E-state index in [0.717, 1.165) is 17.2 Å². The van der Waals surface area contributed by atoms with Gasteiger partial charge >= 0.3 is 6.09 Å². The van der Waals surface area contributed by atoms with Crippen LogP contribution < -0.4 is 15.5 Å². The number of benzene rings is 1. The van der Waals surface area contributed by atoms with Crippen LogP contribution in [0.1, 0.15) is 12.8 Å². The number of anilines is 2. The number of halogens is 2. The van der Waals surface area contributed by atoms with Gasteiger partial charge in [-0.1, -0.05) is 0 Å². The molecule has 2 fully saturated rings. The number of rotatable bonds is 6. The predicted molar refractivity (Wildman–Crippen MR) is 112 cm³/mol. The fourth-order valence-corrected chi connectivity index (χ4v) is 3.56. The van der Waals surface area contributed by atoms with E-state index in [1.807, 2.05) is 0 Å². The van der Waals surface area contributed by atoms with Crippen LogP contribution in [0.3, 0.4) is 0 Å². The Kier molecular flexibility index (Phi) is 7.57. The molecule has 0 spiro atoms. The Bertz CT molecular complexity index is 836. The van der Waals surface area contributed by atoms with E-state index in [2.05, 4.69) is 0 Å². The summed E-state index contributed by atoms with van der Waals surface area (Å²) >= 11 is 4.97. The molecule has 0 bridgehead atoms. The molecule has 2 aliphatic heterocycles. The molecule has 9 nitrogen and oxygen atoms in total. The van der Waals surface area contributed by atoms with Crippen LogP contribution in [0.15, 0.2) is 12.1 Å². The molecule has 31 heavy (non-hydrogen) atoms. The summed E-state index contributed by atoms with van der Waals surface area (Å²) in [5.74, 6) is -2.07. The molecule has 0 unspecified atom stereocenters. The Labute approximate surface area is 183 Å². The van der Waals surface area contributed by atoms with Gasteiger partial charge in [-0.25, -0.2) is 18.6 Å². The van der Waals surface area contributed by atoms with E-state index in [1.165, 1.54) is 16.9 Å². The number of nitrogens with two attached hydrogens (primary N) is 1. The lowest BCUT2D eigenvalue weighted by Crippen LogP contribution is -2.38. The van der Waals surface area contributed by atoms with E-state index in [1.54, 1.807) is 0 Å². The molecular weight excluding hydrogens is 434 g/mol. The molecule has 3 rings (SSSR count). The second-order valence-electron chi connectivity index (χ2n) is 7.01. The van der Waals surface area contributed by atoms with Crippen molar-refractivity contribution in [2.75, 3.05) is 56.2 Å². The van der Waals surface area contributed by atoms with Crippen molar-refractivity contribution in [1.82, 2.24) is 5.06 Å². The molecule has 1 atom stereocenters. The van der Waals surface area contributed by atoms with Gasteiger partial charge in [0.25, 0.3) is 5.91 Å². The van der Waals surface area contributed by atoms with E-state index >= 15 is 0 Å². The molecule has 2 heterocycles. The summed E-state index contributed by atoms with van der Waals surface area (Å²) in [5.41, 5.74) is 5.14. The highest BCUT2D eigenvalue weighted by molar-refractivity contribution is 7.80. The first kappa shape index (κ1) is 23.1. The summed E-state index contributed by atoms with van der Waals surface area (Å²) < 4.78 is 40.0. The smallest absolute Gasteiger partial charge is 0.414 e. The summed E-state index contributed by atoms with van der Waals surface area (Å²) in [6.45, 7) is 0.440. The van der Waals surface area contributed by atoms with Crippen molar-refractivity contribution in [3.8, 4) is 0 Å². The zero-order chi connectivity index (χ0) is 22.5. The molecule has 2 N–H and O–H groups in total. The number of cyclic esters (lactones) is 1. The fraction of sp³-hybridized carbons (Fsp3) is 0.526. The number of carbonyl (C=O) groups is 2. The van der Waals surface area contributed by atoms with Gasteiger partial charge in [0.1, 0.15) is 11.8 Å². The standard InChI is InChI=1S/C19H24F2N4O5S/c1-28-17(31)3-2-13-11-24(19(27)30-13)12-8-14(20)18(15(21)9-12)23-4-5-25(16(26)10-22)29-7-6-23/h8-9,13H,2-7,10-11,22H2,1H3/t13-/m0/s1. The molecule has 2 saturated heterocycles. The maximum atomic E-state index is 14.9. The minimum atomic E-state index is -0.828. The van der Waals surface area contributed by atoms with Crippen LogP contribution in [0, 0.1) is 11.6 Å². The van der Waals surface area contributed by atoms with Crippen molar-refractivity contribution in [2.24, 2.45) is 5.73 Å². The summed E-state index contributed by atoms with van der Waals surface area (Å²) in [6, 6.07) is 2.19. The lowest BCUT2D eigenvalue weighted by molar-refractivity contribution is -0.180. The van der Waals surface area contributed by atoms with Crippen LogP contribution in [0.2, 0.25) is 0 Å². The first-order chi connectivity index (χ1) is 14.8. The normalized spacial score (nSPS) is 19.3. The highest BCUT2D eigenvalue weighted by atomic mass is 32.1. The van der Waals surface area contributed by atoms with Gasteiger partial charge in [0, 0.05) is 31.6 Å². The van der Waals surface area contributed by atoms with E-state index in [9.17, 15) is 18.4 Å². The molecule has 0 radical (unpaired) electrons. The first-order valence-electron chi connectivity index (χ1n) is 9.76. The Morgan fingerprint density at radius 1 is 1.29 bits per heavy atom. The Morgan fingerprint density at radius 2 is 2.00 bits per heavy atom. The van der Waals surface area contributed by atoms with Crippen LogP contribution in [-0.2, 0) is 19.1 Å². The van der Waals surface area contributed by atoms with Crippen LogP contribution in [-0.4, -0.2) is 74.7 Å². The maximum Gasteiger partial charge on any atom is 0.414 e. The average molecular weight is 458 g/mol. The van der Waals surface area contributed by atoms with Crippen LogP contribution in [0.5, 0.6) is 0 Å². The Morgan fingerprint density at radius 3 is 2.65 bits per heavy atom. The van der Waals surface area contributed by atoms with Gasteiger partial charge in [-0.15, -0.1) is 0 Å². The third-order valence-electron chi connectivity index (χ3n) is 5.04. The lowest BCUT2D eigenvalue weighted by atomic mass is 10.2. The number of amides is 2. The van der Waals surface area contributed by atoms with Crippen molar-refractivity contribution < 1.29 is 32.7 Å². The number of carbonyl (C=O) groups excluding carboxylic acids is 2. The predicted octanol–water partition coefficient (Wildman–Crippen LogP) is 1.58. The molecular formula is C19H24F2N4O5S. The lowest BCUT2D eigenvalue weighted by Gasteiger charge is -2.24. The molecule has 0 aromatic heterocycles. The molecule has 1 aromatic carbocycles. The van der Waals surface area contributed by atoms with Crippen LogP contribution >= 0.6 is 12.2 Å². The number of methoxy groups -OCH3 is 1. The number of hydrogen-bond acceptors (Lipinski definition) is 8. The summed E-state index contributed by atoms with van der Waals surface area (Å²) in [6.07, 6.45) is -0.261. The van der Waals surface area contributed by atoms with Crippen molar-refractivity contribution in [3.05, 3.63) is 23.8 Å². The van der Waals surface area contributed by atoms with Gasteiger partial charge in [0.05, 0.1) is 39.0 Å². The van der Waals surface area contributed by atoms with Crippen LogP contribution in [0.25, 0.3) is 0 Å². The van der Waals surface area contributed by atoms with Gasteiger partial charge in [0.15, 0.2) is 16.7 Å². The van der Waals surface area contributed by atoms with Crippen molar-refractivity contribution in [3.63, 3.8) is 0 Å². The fourth-order valence-electron chi connectivity index (χ4n) is 3.44. The molecule has 1 aromatic rings. The number of hydroxylamine groups is 2. The molecule has 2 amide bonds. The Balaban J connectivity index is 1.71. The molecule has 0 saturated carbocycles. The van der Waals surface area contributed by atoms with Gasteiger partial charge in [-0.05, 0) is 18.6 Å². The van der Waals surface area contributed by atoms with E-state index in [0.29, 0.717) is 17.9 Å². The van der Waals surface area contributed by atoms with Crippen molar-refractivity contribution >= 4 is 40.6 Å². The third-order valence-corrected chi connectivity index (χ3v) is 5.41. The van der Waals surface area contributed by atoms with Gasteiger partial charge in [-0.2, -0.15) is 0 Å². The van der Waals surface area contributed by atoms with Gasteiger partial charge in [0.2, 0.25) is 0 Å². The quantitative estimate of drug-likeness (QED) is 0.642. The van der Waals surface area contributed by atoms with Gasteiger partial charge in [-0.3, -0.25) is 14.5 Å². The highest BCUT2D eigenvalue weighted by Gasteiger charge is 2.34. The monoisotopic (exact) mass is 458 g/mol. The zero-order valence-corrected chi connectivity index (χ0v) is 17.8. The second kappa shape index (κ2) is 10.2. The number of hydrogen-bond donors (Lipinski definition) is 1. The number of nitrogens with zero attached hydrogens (tertiary/aromatic N) is 3. The first-order valence-corrected chi connectivity index (χ1v) is 10.2. The summed E-state index contributed by atoms with van der Waals surface area (Å²) in [4.78, 5) is 31.8. The largest absolute Gasteiger partial charge is 0.490 e. The highest BCUT2D eigenvalue weighted by Crippen LogP contribution is 2.32. The SMILES string of the molecule is COC(=S)CC[C@H]1CN(c2cc(F)c(N3CCON(C(=O)CN)CC3)c(F)c2)C(=O)O1. The topological polar surface area (TPSA) is 97.6 Å². The number of thiocarbonyl (C=S) groups is 1. The Hall–Kier alpha value is -2.57. The van der Waals surface area contributed by atoms with E-state index in [4.69, 9.17) is 32.3 Å². The van der Waals surface area contributed by atoms with Crippen molar-refractivity contribution in [1.29, 1.82) is 0 Å². The molecule has 170 valence electrons. The van der Waals surface area contributed by atoms with E-state index in [-0.39, 0.29) is 50.7 Å². The third kappa shape index (κ3) is 5.38. The van der Waals surface area contributed by atoms with E-state index < -0.39 is 29.7 Å². The zero-order valence-electron chi connectivity index (χ0n) is 17.0. The van der Waals surface area contributed by atoms with Crippen molar-refractivity contribution in [2.45, 2.75) is 18.9 Å². The number of ether oxygens (including phenoxy) is 2. The van der Waals surface area contributed by atoms with Gasteiger partial charge < -0.3 is 20.1 Å². The summed E-state index contributed by atoms with van der Waals surface area (Å²) in [5, 5.41) is 1.49. The minimum Gasteiger partial charge on any atom is -0.490 e. The average Bonchev–Trinajstić information content (AvgIpc) is 2.95. The molecule has 12 heteroatoms. The van der Waals surface area contributed by atoms with Crippen LogP contribution in [0.4, 0.5) is 25.0 Å². The molecule has 2 aliphatic rings. The second-order valence-corrected chi connectivity index (χ2v) is 7.46.